The molecule has 1 fully saturated rings. The number of rotatable bonds is 3. The van der Waals surface area contributed by atoms with Crippen molar-refractivity contribution in [1.82, 2.24) is 10.2 Å². The Morgan fingerprint density at radius 1 is 1.25 bits per heavy atom. The average Bonchev–Trinajstić information content (AvgIpc) is 2.48. The van der Waals surface area contributed by atoms with Crippen LogP contribution < -0.4 is 10.1 Å². The minimum atomic E-state index is 1.02. The minimum Gasteiger partial charge on any atom is -0.495 e. The van der Waals surface area contributed by atoms with Crippen molar-refractivity contribution in [3.05, 3.63) is 27.2 Å². The van der Waals surface area contributed by atoms with Gasteiger partial charge in [-0.3, -0.25) is 4.90 Å². The van der Waals surface area contributed by atoms with Crippen molar-refractivity contribution in [2.45, 2.75) is 32.2 Å². The third-order valence-electron chi connectivity index (χ3n) is 4.46. The zero-order chi connectivity index (χ0) is 13.9. The Labute approximate surface area is 129 Å². The fourth-order valence-corrected chi connectivity index (χ4v) is 4.09. The van der Waals surface area contributed by atoms with E-state index in [1.807, 2.05) is 0 Å². The van der Waals surface area contributed by atoms with Gasteiger partial charge in [-0.25, -0.2) is 0 Å². The molecule has 0 bridgehead atoms. The van der Waals surface area contributed by atoms with Crippen molar-refractivity contribution < 1.29 is 4.74 Å². The molecule has 0 aromatic heterocycles. The van der Waals surface area contributed by atoms with Gasteiger partial charge >= 0.3 is 0 Å². The van der Waals surface area contributed by atoms with E-state index >= 15 is 0 Å². The van der Waals surface area contributed by atoms with Gasteiger partial charge < -0.3 is 10.1 Å². The lowest BCUT2D eigenvalue weighted by atomic mass is 9.87. The molecule has 1 aromatic carbocycles. The summed E-state index contributed by atoms with van der Waals surface area (Å²) in [5, 5.41) is 3.42. The monoisotopic (exact) mass is 338 g/mol. The zero-order valence-corrected chi connectivity index (χ0v) is 13.8. The Morgan fingerprint density at radius 2 is 2.00 bits per heavy atom. The molecule has 0 amide bonds. The summed E-state index contributed by atoms with van der Waals surface area (Å²) >= 11 is 3.70. The first-order valence-corrected chi connectivity index (χ1v) is 8.39. The van der Waals surface area contributed by atoms with E-state index in [-0.39, 0.29) is 0 Å². The molecule has 1 aromatic rings. The highest BCUT2D eigenvalue weighted by Crippen LogP contribution is 2.38. The van der Waals surface area contributed by atoms with Crippen molar-refractivity contribution in [2.75, 3.05) is 33.3 Å². The smallest absolute Gasteiger partial charge is 0.137 e. The first kappa shape index (κ1) is 14.4. The molecule has 20 heavy (non-hydrogen) atoms. The van der Waals surface area contributed by atoms with Gasteiger partial charge in [0.1, 0.15) is 5.75 Å². The number of ether oxygens (including phenoxy) is 1. The lowest BCUT2D eigenvalue weighted by molar-refractivity contribution is 0.229. The molecule has 1 N–H and O–H groups in total. The van der Waals surface area contributed by atoms with Gasteiger partial charge in [-0.15, -0.1) is 0 Å². The first-order valence-electron chi connectivity index (χ1n) is 7.60. The van der Waals surface area contributed by atoms with E-state index in [0.717, 1.165) is 42.9 Å². The predicted octanol–water partition coefficient (Wildman–Crippen LogP) is 2.74. The van der Waals surface area contributed by atoms with E-state index in [1.165, 1.54) is 36.8 Å². The van der Waals surface area contributed by atoms with E-state index < -0.39 is 0 Å². The number of methoxy groups -OCH3 is 1. The van der Waals surface area contributed by atoms with Crippen LogP contribution in [0.3, 0.4) is 0 Å². The van der Waals surface area contributed by atoms with E-state index in [4.69, 9.17) is 4.74 Å². The van der Waals surface area contributed by atoms with Gasteiger partial charge in [-0.1, -0.05) is 0 Å². The Balaban J connectivity index is 1.95. The van der Waals surface area contributed by atoms with E-state index in [2.05, 4.69) is 32.2 Å². The first-order chi connectivity index (χ1) is 9.79. The van der Waals surface area contributed by atoms with Gasteiger partial charge in [-0.2, -0.15) is 0 Å². The average molecular weight is 339 g/mol. The Bertz CT molecular complexity index is 484. The molecule has 1 aliphatic carbocycles. The van der Waals surface area contributed by atoms with Crippen LogP contribution in [-0.4, -0.2) is 38.2 Å². The Kier molecular flexibility index (Phi) is 4.64. The second-order valence-corrected chi connectivity index (χ2v) is 6.60. The molecule has 1 aliphatic heterocycles. The molecule has 1 heterocycles. The van der Waals surface area contributed by atoms with Crippen LogP contribution in [0.15, 0.2) is 10.5 Å². The number of fused-ring (bicyclic) bond motifs is 1. The lowest BCUT2D eigenvalue weighted by Crippen LogP contribution is -2.43. The Hall–Kier alpha value is -0.580. The van der Waals surface area contributed by atoms with Gasteiger partial charge in [-0.05, 0) is 58.8 Å². The summed E-state index contributed by atoms with van der Waals surface area (Å²) < 4.78 is 6.81. The summed E-state index contributed by atoms with van der Waals surface area (Å²) in [5.41, 5.74) is 4.49. The minimum absolute atomic E-state index is 1.02. The highest BCUT2D eigenvalue weighted by Gasteiger charge is 2.22. The summed E-state index contributed by atoms with van der Waals surface area (Å²) in [6.45, 7) is 5.47. The molecule has 0 saturated carbocycles. The second kappa shape index (κ2) is 6.46. The van der Waals surface area contributed by atoms with Gasteiger partial charge in [0.2, 0.25) is 0 Å². The van der Waals surface area contributed by atoms with E-state index in [0.29, 0.717) is 0 Å². The van der Waals surface area contributed by atoms with E-state index in [9.17, 15) is 0 Å². The van der Waals surface area contributed by atoms with Crippen molar-refractivity contribution in [3.8, 4) is 5.75 Å². The highest BCUT2D eigenvalue weighted by atomic mass is 79.9. The molecule has 4 heteroatoms. The topological polar surface area (TPSA) is 24.5 Å². The summed E-state index contributed by atoms with van der Waals surface area (Å²) in [6, 6.07) is 2.27. The third-order valence-corrected chi connectivity index (χ3v) is 5.05. The van der Waals surface area contributed by atoms with Crippen LogP contribution in [0.5, 0.6) is 5.75 Å². The largest absolute Gasteiger partial charge is 0.495 e. The number of piperazine rings is 1. The van der Waals surface area contributed by atoms with Crippen molar-refractivity contribution in [3.63, 3.8) is 0 Å². The van der Waals surface area contributed by atoms with Gasteiger partial charge in [0.05, 0.1) is 11.6 Å². The number of aryl methyl sites for hydroxylation is 1. The SMILES string of the molecule is COc1c(Br)cc2c(c1CN1CCNCC1)CCCC2. The molecule has 3 nitrogen and oxygen atoms in total. The van der Waals surface area contributed by atoms with E-state index in [1.54, 1.807) is 12.7 Å². The number of nitrogens with one attached hydrogen (secondary N) is 1. The number of nitrogens with zero attached hydrogens (tertiary/aromatic N) is 1. The molecule has 1 saturated heterocycles. The summed E-state index contributed by atoms with van der Waals surface area (Å²) in [6.07, 6.45) is 5.05. The molecule has 0 atom stereocenters. The fraction of sp³-hybridized carbons (Fsp3) is 0.625. The van der Waals surface area contributed by atoms with Crippen LogP contribution >= 0.6 is 15.9 Å². The predicted molar refractivity (Wildman–Crippen MR) is 85.5 cm³/mol. The van der Waals surface area contributed by atoms with Crippen LogP contribution in [0.1, 0.15) is 29.5 Å². The fourth-order valence-electron chi connectivity index (χ4n) is 3.41. The van der Waals surface area contributed by atoms with Gasteiger partial charge in [0.15, 0.2) is 0 Å². The standard InChI is InChI=1S/C16H23BrN2O/c1-20-16-14(11-19-8-6-18-7-9-19)13-5-3-2-4-12(13)10-15(16)17/h10,18H,2-9,11H2,1H3. The van der Waals surface area contributed by atoms with Crippen LogP contribution in [0.4, 0.5) is 0 Å². The maximum atomic E-state index is 5.69. The molecule has 0 radical (unpaired) electrons. The van der Waals surface area contributed by atoms with Crippen molar-refractivity contribution in [1.29, 1.82) is 0 Å². The zero-order valence-electron chi connectivity index (χ0n) is 12.2. The molecule has 0 unspecified atom stereocenters. The quantitative estimate of drug-likeness (QED) is 0.917. The molecule has 110 valence electrons. The van der Waals surface area contributed by atoms with Crippen LogP contribution in [-0.2, 0) is 19.4 Å². The molecule has 3 rings (SSSR count). The number of benzene rings is 1. The summed E-state index contributed by atoms with van der Waals surface area (Å²) in [7, 11) is 1.79. The van der Waals surface area contributed by atoms with Crippen molar-refractivity contribution in [2.24, 2.45) is 0 Å². The van der Waals surface area contributed by atoms with Crippen LogP contribution in [0, 0.1) is 0 Å². The number of hydrogen-bond donors (Lipinski definition) is 1. The lowest BCUT2D eigenvalue weighted by Gasteiger charge is -2.30. The number of hydrogen-bond acceptors (Lipinski definition) is 3. The second-order valence-electron chi connectivity index (χ2n) is 5.74. The summed E-state index contributed by atoms with van der Waals surface area (Å²) in [5.74, 6) is 1.05. The molecule has 0 spiro atoms. The molecular formula is C16H23BrN2O. The van der Waals surface area contributed by atoms with Gasteiger partial charge in [0.25, 0.3) is 0 Å². The molecule has 2 aliphatic rings. The van der Waals surface area contributed by atoms with Crippen LogP contribution in [0.2, 0.25) is 0 Å². The summed E-state index contributed by atoms with van der Waals surface area (Å²) in [4.78, 5) is 2.54. The van der Waals surface area contributed by atoms with Crippen LogP contribution in [0.25, 0.3) is 0 Å². The third kappa shape index (κ3) is 2.87. The molecular weight excluding hydrogens is 316 g/mol. The highest BCUT2D eigenvalue weighted by molar-refractivity contribution is 9.10. The Morgan fingerprint density at radius 3 is 2.75 bits per heavy atom. The number of halogens is 1. The normalized spacial score (nSPS) is 19.7. The maximum absolute atomic E-state index is 5.69. The van der Waals surface area contributed by atoms with Gasteiger partial charge in [0, 0.05) is 38.3 Å². The van der Waals surface area contributed by atoms with Crippen molar-refractivity contribution >= 4 is 15.9 Å². The maximum Gasteiger partial charge on any atom is 0.137 e.